The zero-order valence-electron chi connectivity index (χ0n) is 14.6. The minimum Gasteiger partial charge on any atom is -0.457 e. The first kappa shape index (κ1) is 16.6. The number of para-hydroxylation sites is 1. The van der Waals surface area contributed by atoms with E-state index in [0.29, 0.717) is 13.0 Å². The van der Waals surface area contributed by atoms with Gasteiger partial charge >= 0.3 is 0 Å². The van der Waals surface area contributed by atoms with Crippen molar-refractivity contribution < 1.29 is 14.3 Å². The Kier molecular flexibility index (Phi) is 4.61. The molecule has 1 unspecified atom stereocenters. The molecule has 2 fully saturated rings. The van der Waals surface area contributed by atoms with Crippen LogP contribution in [0.2, 0.25) is 0 Å². The average Bonchev–Trinajstić information content (AvgIpc) is 3.33. The SMILES string of the molecule is O=C(C1CCN(c2ccc(Oc3ccccc3)cc2)C1=O)N1CCCC1. The number of hydrogen-bond donors (Lipinski definition) is 0. The molecule has 2 aromatic carbocycles. The lowest BCUT2D eigenvalue weighted by Crippen LogP contribution is -2.38. The van der Waals surface area contributed by atoms with Gasteiger partial charge in [-0.25, -0.2) is 0 Å². The van der Waals surface area contributed by atoms with Gasteiger partial charge < -0.3 is 14.5 Å². The minimum atomic E-state index is -0.520. The molecule has 0 radical (unpaired) electrons. The Hall–Kier alpha value is -2.82. The Morgan fingerprint density at radius 3 is 2.23 bits per heavy atom. The third-order valence-corrected chi connectivity index (χ3v) is 5.05. The molecule has 2 aliphatic rings. The van der Waals surface area contributed by atoms with Gasteiger partial charge in [0.2, 0.25) is 11.8 Å². The van der Waals surface area contributed by atoms with Crippen LogP contribution in [0.4, 0.5) is 5.69 Å². The molecular formula is C21H22N2O3. The highest BCUT2D eigenvalue weighted by Crippen LogP contribution is 2.30. The van der Waals surface area contributed by atoms with E-state index in [0.717, 1.165) is 43.1 Å². The monoisotopic (exact) mass is 350 g/mol. The molecule has 0 aliphatic carbocycles. The topological polar surface area (TPSA) is 49.9 Å². The fraction of sp³-hybridized carbons (Fsp3) is 0.333. The van der Waals surface area contributed by atoms with Gasteiger partial charge in [-0.3, -0.25) is 9.59 Å². The molecule has 0 spiro atoms. The van der Waals surface area contributed by atoms with Gasteiger partial charge in [0.1, 0.15) is 17.4 Å². The molecule has 2 amide bonds. The van der Waals surface area contributed by atoms with Gasteiger partial charge in [-0.05, 0) is 55.7 Å². The van der Waals surface area contributed by atoms with E-state index >= 15 is 0 Å². The molecule has 0 bridgehead atoms. The summed E-state index contributed by atoms with van der Waals surface area (Å²) < 4.78 is 5.79. The second-order valence-corrected chi connectivity index (χ2v) is 6.77. The molecule has 2 aromatic rings. The van der Waals surface area contributed by atoms with Gasteiger partial charge in [0.15, 0.2) is 0 Å². The fourth-order valence-electron chi connectivity index (χ4n) is 3.64. The number of carbonyl (C=O) groups excluding carboxylic acids is 2. The van der Waals surface area contributed by atoms with Crippen LogP contribution in [-0.4, -0.2) is 36.3 Å². The van der Waals surface area contributed by atoms with Crippen molar-refractivity contribution in [3.8, 4) is 11.5 Å². The molecule has 2 saturated heterocycles. The number of rotatable bonds is 4. The van der Waals surface area contributed by atoms with Crippen LogP contribution in [0.25, 0.3) is 0 Å². The van der Waals surface area contributed by atoms with Crippen molar-refractivity contribution in [2.24, 2.45) is 5.92 Å². The normalized spacial score (nSPS) is 19.8. The van der Waals surface area contributed by atoms with E-state index in [1.807, 2.05) is 59.5 Å². The highest BCUT2D eigenvalue weighted by atomic mass is 16.5. The number of nitrogens with zero attached hydrogens (tertiary/aromatic N) is 2. The maximum Gasteiger partial charge on any atom is 0.239 e. The second-order valence-electron chi connectivity index (χ2n) is 6.77. The molecule has 0 N–H and O–H groups in total. The van der Waals surface area contributed by atoms with E-state index in [4.69, 9.17) is 4.74 Å². The van der Waals surface area contributed by atoms with Crippen LogP contribution >= 0.6 is 0 Å². The molecule has 5 nitrogen and oxygen atoms in total. The maximum atomic E-state index is 12.7. The fourth-order valence-corrected chi connectivity index (χ4v) is 3.64. The van der Waals surface area contributed by atoms with E-state index < -0.39 is 5.92 Å². The third kappa shape index (κ3) is 3.29. The van der Waals surface area contributed by atoms with Crippen molar-refractivity contribution >= 4 is 17.5 Å². The number of carbonyl (C=O) groups is 2. The molecule has 4 rings (SSSR count). The summed E-state index contributed by atoms with van der Waals surface area (Å²) in [6.07, 6.45) is 2.68. The van der Waals surface area contributed by atoms with E-state index in [9.17, 15) is 9.59 Å². The Morgan fingerprint density at radius 2 is 1.54 bits per heavy atom. The molecule has 1 atom stereocenters. The van der Waals surface area contributed by atoms with Crippen LogP contribution in [-0.2, 0) is 9.59 Å². The number of hydrogen-bond acceptors (Lipinski definition) is 3. The van der Waals surface area contributed by atoms with E-state index in [-0.39, 0.29) is 11.8 Å². The van der Waals surface area contributed by atoms with Crippen LogP contribution in [0, 0.1) is 5.92 Å². The van der Waals surface area contributed by atoms with Gasteiger partial charge in [-0.15, -0.1) is 0 Å². The lowest BCUT2D eigenvalue weighted by Gasteiger charge is -2.20. The summed E-state index contributed by atoms with van der Waals surface area (Å²) >= 11 is 0. The predicted octanol–water partition coefficient (Wildman–Crippen LogP) is 3.45. The largest absolute Gasteiger partial charge is 0.457 e. The van der Waals surface area contributed by atoms with Crippen molar-refractivity contribution in [2.75, 3.05) is 24.5 Å². The average molecular weight is 350 g/mol. The number of anilines is 1. The highest BCUT2D eigenvalue weighted by Gasteiger charge is 2.40. The summed E-state index contributed by atoms with van der Waals surface area (Å²) in [6.45, 7) is 2.16. The Labute approximate surface area is 153 Å². The number of likely N-dealkylation sites (tertiary alicyclic amines) is 1. The van der Waals surface area contributed by atoms with Crippen LogP contribution in [0.1, 0.15) is 19.3 Å². The molecule has 0 aromatic heterocycles. The predicted molar refractivity (Wildman–Crippen MR) is 99.2 cm³/mol. The Bertz CT molecular complexity index is 783. The highest BCUT2D eigenvalue weighted by molar-refractivity contribution is 6.09. The lowest BCUT2D eigenvalue weighted by atomic mass is 10.1. The zero-order chi connectivity index (χ0) is 17.9. The summed E-state index contributed by atoms with van der Waals surface area (Å²) in [5, 5.41) is 0. The van der Waals surface area contributed by atoms with E-state index in [1.54, 1.807) is 4.90 Å². The summed E-state index contributed by atoms with van der Waals surface area (Å²) in [6, 6.07) is 17.0. The van der Waals surface area contributed by atoms with Crippen molar-refractivity contribution in [1.29, 1.82) is 0 Å². The summed E-state index contributed by atoms with van der Waals surface area (Å²) in [5.74, 6) is 0.885. The van der Waals surface area contributed by atoms with Crippen LogP contribution < -0.4 is 9.64 Å². The van der Waals surface area contributed by atoms with E-state index in [1.165, 1.54) is 0 Å². The first-order chi connectivity index (χ1) is 12.7. The summed E-state index contributed by atoms with van der Waals surface area (Å²) in [4.78, 5) is 28.8. The first-order valence-corrected chi connectivity index (χ1v) is 9.15. The molecule has 0 saturated carbocycles. The third-order valence-electron chi connectivity index (χ3n) is 5.05. The number of amides is 2. The molecular weight excluding hydrogens is 328 g/mol. The zero-order valence-corrected chi connectivity index (χ0v) is 14.6. The van der Waals surface area contributed by atoms with Crippen LogP contribution in [0.15, 0.2) is 54.6 Å². The van der Waals surface area contributed by atoms with Gasteiger partial charge in [-0.1, -0.05) is 18.2 Å². The lowest BCUT2D eigenvalue weighted by molar-refractivity contribution is -0.139. The number of ether oxygens (including phenoxy) is 1. The van der Waals surface area contributed by atoms with Crippen molar-refractivity contribution in [3.63, 3.8) is 0 Å². The second kappa shape index (κ2) is 7.20. The van der Waals surface area contributed by atoms with Gasteiger partial charge in [0, 0.05) is 25.3 Å². The van der Waals surface area contributed by atoms with Crippen molar-refractivity contribution in [1.82, 2.24) is 4.90 Å². The van der Waals surface area contributed by atoms with Crippen LogP contribution in [0.3, 0.4) is 0 Å². The molecule has 26 heavy (non-hydrogen) atoms. The van der Waals surface area contributed by atoms with Gasteiger partial charge in [0.05, 0.1) is 0 Å². The molecule has 134 valence electrons. The maximum absolute atomic E-state index is 12.7. The Morgan fingerprint density at radius 1 is 0.885 bits per heavy atom. The molecule has 5 heteroatoms. The minimum absolute atomic E-state index is 0.000897. The standard InChI is InChI=1S/C21H22N2O3/c24-20(22-13-4-5-14-22)19-12-15-23(21(19)25)16-8-10-18(11-9-16)26-17-6-2-1-3-7-17/h1-3,6-11,19H,4-5,12-15H2. The summed E-state index contributed by atoms with van der Waals surface area (Å²) in [7, 11) is 0. The smallest absolute Gasteiger partial charge is 0.239 e. The van der Waals surface area contributed by atoms with Gasteiger partial charge in [-0.2, -0.15) is 0 Å². The molecule has 2 heterocycles. The number of benzene rings is 2. The van der Waals surface area contributed by atoms with Crippen molar-refractivity contribution in [3.05, 3.63) is 54.6 Å². The summed E-state index contributed by atoms with van der Waals surface area (Å²) in [5.41, 5.74) is 0.812. The van der Waals surface area contributed by atoms with E-state index in [2.05, 4.69) is 0 Å². The van der Waals surface area contributed by atoms with Crippen LogP contribution in [0.5, 0.6) is 11.5 Å². The molecule has 2 aliphatic heterocycles. The van der Waals surface area contributed by atoms with Gasteiger partial charge in [0.25, 0.3) is 0 Å². The first-order valence-electron chi connectivity index (χ1n) is 9.15. The van der Waals surface area contributed by atoms with Crippen molar-refractivity contribution in [2.45, 2.75) is 19.3 Å². The Balaban J connectivity index is 1.43. The quantitative estimate of drug-likeness (QED) is 0.794.